The topological polar surface area (TPSA) is 113 Å². The molecule has 0 aliphatic carbocycles. The molecule has 0 saturated carbocycles. The summed E-state index contributed by atoms with van der Waals surface area (Å²) in [4.78, 5) is 11.6. The Labute approximate surface area is 147 Å². The van der Waals surface area contributed by atoms with E-state index < -0.39 is 15.9 Å². The number of hydrogen-bond acceptors (Lipinski definition) is 4. The van der Waals surface area contributed by atoms with Gasteiger partial charge in [-0.1, -0.05) is 34.1 Å². The highest BCUT2D eigenvalue weighted by atomic mass is 79.9. The lowest BCUT2D eigenvalue weighted by atomic mass is 10.1. The third-order valence-corrected chi connectivity index (χ3v) is 4.80. The molecule has 0 aromatic heterocycles. The predicted octanol–water partition coefficient (Wildman–Crippen LogP) is 2.13. The summed E-state index contributed by atoms with van der Waals surface area (Å²) < 4.78 is 27.5. The van der Waals surface area contributed by atoms with Gasteiger partial charge in [-0.3, -0.25) is 9.52 Å². The number of benzene rings is 2. The second kappa shape index (κ2) is 7.29. The normalized spacial score (nSPS) is 11.6. The van der Waals surface area contributed by atoms with Crippen LogP contribution in [0.25, 0.3) is 6.08 Å². The van der Waals surface area contributed by atoms with Crippen LogP contribution < -0.4 is 10.5 Å². The number of sulfonamides is 1. The molecule has 0 heterocycles. The van der Waals surface area contributed by atoms with Gasteiger partial charge in [-0.05, 0) is 42.0 Å². The highest BCUT2D eigenvalue weighted by molar-refractivity contribution is 9.10. The van der Waals surface area contributed by atoms with E-state index in [1.807, 2.05) is 6.07 Å². The van der Waals surface area contributed by atoms with E-state index in [0.717, 1.165) is 0 Å². The van der Waals surface area contributed by atoms with Gasteiger partial charge >= 0.3 is 0 Å². The molecule has 8 heteroatoms. The molecule has 0 atom stereocenters. The van der Waals surface area contributed by atoms with Crippen molar-refractivity contribution in [3.8, 4) is 6.07 Å². The largest absolute Gasteiger partial charge is 0.364 e. The second-order valence-corrected chi connectivity index (χ2v) is 7.32. The molecule has 0 aliphatic rings. The number of halogens is 1. The van der Waals surface area contributed by atoms with Crippen LogP contribution in [0.3, 0.4) is 0 Å². The fraction of sp³-hybridized carbons (Fsp3) is 0. The van der Waals surface area contributed by atoms with E-state index in [-0.39, 0.29) is 10.6 Å². The van der Waals surface area contributed by atoms with Crippen LogP contribution in [0.4, 0.5) is 0 Å². The molecule has 122 valence electrons. The standard InChI is InChI=1S/C16H12BrN3O3S/c17-13-5-2-6-14(9-13)24(22,23)20-15(16(19)21)8-11-3-1-4-12(7-11)10-18/h1-9,20H,(H2,19,21). The Morgan fingerprint density at radius 1 is 1.21 bits per heavy atom. The van der Waals surface area contributed by atoms with E-state index >= 15 is 0 Å². The summed E-state index contributed by atoms with van der Waals surface area (Å²) in [5.41, 5.74) is 5.81. The van der Waals surface area contributed by atoms with Crippen molar-refractivity contribution in [1.29, 1.82) is 5.26 Å². The summed E-state index contributed by atoms with van der Waals surface area (Å²) in [7, 11) is -3.98. The lowest BCUT2D eigenvalue weighted by molar-refractivity contribution is -0.114. The summed E-state index contributed by atoms with van der Waals surface area (Å²) in [5, 5.41) is 8.89. The number of nitrogens with two attached hydrogens (primary N) is 1. The molecule has 0 bridgehead atoms. The maximum Gasteiger partial charge on any atom is 0.265 e. The van der Waals surface area contributed by atoms with Crippen LogP contribution in [-0.4, -0.2) is 14.3 Å². The summed E-state index contributed by atoms with van der Waals surface area (Å²) in [6.45, 7) is 0. The number of nitrogens with one attached hydrogen (secondary N) is 1. The van der Waals surface area contributed by atoms with Crippen LogP contribution in [0.15, 0.2) is 63.6 Å². The summed E-state index contributed by atoms with van der Waals surface area (Å²) in [6, 6.07) is 14.3. The second-order valence-electron chi connectivity index (χ2n) is 4.72. The number of carbonyl (C=O) groups excluding carboxylic acids is 1. The number of carbonyl (C=O) groups is 1. The number of nitrogens with zero attached hydrogens (tertiary/aromatic N) is 1. The van der Waals surface area contributed by atoms with E-state index in [2.05, 4.69) is 20.7 Å². The zero-order chi connectivity index (χ0) is 17.7. The molecule has 0 aliphatic heterocycles. The van der Waals surface area contributed by atoms with Gasteiger partial charge in [-0.15, -0.1) is 0 Å². The van der Waals surface area contributed by atoms with Crippen LogP contribution in [0, 0.1) is 11.3 Å². The zero-order valence-electron chi connectivity index (χ0n) is 12.2. The minimum absolute atomic E-state index is 0.0187. The molecule has 0 fully saturated rings. The van der Waals surface area contributed by atoms with Crippen LogP contribution in [0.5, 0.6) is 0 Å². The summed E-state index contributed by atoms with van der Waals surface area (Å²) >= 11 is 3.19. The minimum atomic E-state index is -3.98. The fourth-order valence-electron chi connectivity index (χ4n) is 1.85. The Kier molecular flexibility index (Phi) is 5.39. The van der Waals surface area contributed by atoms with Gasteiger partial charge < -0.3 is 5.73 Å². The molecular formula is C16H12BrN3O3S. The molecule has 0 radical (unpaired) electrons. The molecule has 0 unspecified atom stereocenters. The molecule has 1 amide bonds. The number of primary amides is 1. The maximum atomic E-state index is 12.4. The first-order chi connectivity index (χ1) is 11.3. The Bertz CT molecular complexity index is 963. The van der Waals surface area contributed by atoms with E-state index in [1.165, 1.54) is 24.3 Å². The minimum Gasteiger partial charge on any atom is -0.364 e. The zero-order valence-corrected chi connectivity index (χ0v) is 14.6. The third-order valence-electron chi connectivity index (χ3n) is 2.94. The highest BCUT2D eigenvalue weighted by Gasteiger charge is 2.18. The molecular weight excluding hydrogens is 394 g/mol. The SMILES string of the molecule is N#Cc1cccc(C=C(NS(=O)(=O)c2cccc(Br)c2)C(N)=O)c1. The van der Waals surface area contributed by atoms with E-state index in [0.29, 0.717) is 15.6 Å². The van der Waals surface area contributed by atoms with Crippen LogP contribution in [0.1, 0.15) is 11.1 Å². The van der Waals surface area contributed by atoms with Crippen molar-refractivity contribution in [3.63, 3.8) is 0 Å². The maximum absolute atomic E-state index is 12.4. The molecule has 24 heavy (non-hydrogen) atoms. The molecule has 0 spiro atoms. The number of hydrogen-bond donors (Lipinski definition) is 2. The molecule has 2 aromatic carbocycles. The van der Waals surface area contributed by atoms with Gasteiger partial charge in [0.25, 0.3) is 15.9 Å². The van der Waals surface area contributed by atoms with E-state index in [4.69, 9.17) is 11.0 Å². The van der Waals surface area contributed by atoms with Crippen molar-refractivity contribution in [3.05, 3.63) is 69.8 Å². The average molecular weight is 406 g/mol. The molecule has 3 N–H and O–H groups in total. The fourth-order valence-corrected chi connectivity index (χ4v) is 3.51. The molecule has 2 rings (SSSR count). The Hall–Kier alpha value is -2.63. The first-order valence-corrected chi connectivity index (χ1v) is 8.89. The number of rotatable bonds is 5. The quantitative estimate of drug-likeness (QED) is 0.741. The van der Waals surface area contributed by atoms with Crippen LogP contribution in [-0.2, 0) is 14.8 Å². The summed E-state index contributed by atoms with van der Waals surface area (Å²) in [6.07, 6.45) is 1.28. The smallest absolute Gasteiger partial charge is 0.265 e. The molecule has 0 saturated heterocycles. The van der Waals surface area contributed by atoms with Gasteiger partial charge in [0.2, 0.25) is 0 Å². The lowest BCUT2D eigenvalue weighted by Crippen LogP contribution is -2.31. The molecule has 2 aromatic rings. The van der Waals surface area contributed by atoms with Crippen LogP contribution in [0.2, 0.25) is 0 Å². The van der Waals surface area contributed by atoms with Crippen molar-refractivity contribution in [2.45, 2.75) is 4.90 Å². The first-order valence-electron chi connectivity index (χ1n) is 6.62. The Morgan fingerprint density at radius 2 is 1.92 bits per heavy atom. The van der Waals surface area contributed by atoms with Crippen molar-refractivity contribution in [1.82, 2.24) is 4.72 Å². The van der Waals surface area contributed by atoms with Crippen LogP contribution >= 0.6 is 15.9 Å². The van der Waals surface area contributed by atoms with Gasteiger partial charge in [-0.25, -0.2) is 8.42 Å². The first kappa shape index (κ1) is 17.7. The van der Waals surface area contributed by atoms with Gasteiger partial charge in [0, 0.05) is 4.47 Å². The van der Waals surface area contributed by atoms with Gasteiger partial charge in [0.05, 0.1) is 16.5 Å². The van der Waals surface area contributed by atoms with Crippen molar-refractivity contribution in [2.75, 3.05) is 0 Å². The Balaban J connectivity index is 2.40. The van der Waals surface area contributed by atoms with Crippen molar-refractivity contribution >= 4 is 37.9 Å². The Morgan fingerprint density at radius 3 is 2.54 bits per heavy atom. The van der Waals surface area contributed by atoms with Gasteiger partial charge in [0.15, 0.2) is 0 Å². The number of nitriles is 1. The van der Waals surface area contributed by atoms with Gasteiger partial charge in [-0.2, -0.15) is 5.26 Å². The van der Waals surface area contributed by atoms with Gasteiger partial charge in [0.1, 0.15) is 5.70 Å². The third kappa shape index (κ3) is 4.44. The number of amides is 1. The predicted molar refractivity (Wildman–Crippen MR) is 92.8 cm³/mol. The summed E-state index contributed by atoms with van der Waals surface area (Å²) in [5.74, 6) is -0.934. The van der Waals surface area contributed by atoms with E-state index in [9.17, 15) is 13.2 Å². The average Bonchev–Trinajstić information content (AvgIpc) is 2.54. The van der Waals surface area contributed by atoms with Crippen molar-refractivity contribution in [2.24, 2.45) is 5.73 Å². The monoisotopic (exact) mass is 405 g/mol. The van der Waals surface area contributed by atoms with E-state index in [1.54, 1.807) is 30.3 Å². The lowest BCUT2D eigenvalue weighted by Gasteiger charge is -2.10. The molecule has 6 nitrogen and oxygen atoms in total. The highest BCUT2D eigenvalue weighted by Crippen LogP contribution is 2.17. The van der Waals surface area contributed by atoms with Crippen molar-refractivity contribution < 1.29 is 13.2 Å².